The summed E-state index contributed by atoms with van der Waals surface area (Å²) in [7, 11) is 4.19. The fourth-order valence-electron chi connectivity index (χ4n) is 8.22. The molecule has 0 N–H and O–H groups in total. The Morgan fingerprint density at radius 1 is 0.423 bits per heavy atom. The van der Waals surface area contributed by atoms with Gasteiger partial charge in [-0.3, -0.25) is 0 Å². The predicted molar refractivity (Wildman–Crippen MR) is 219 cm³/mol. The van der Waals surface area contributed by atoms with Gasteiger partial charge in [-0.1, -0.05) is 157 Å². The molecule has 1 aliphatic rings. The van der Waals surface area contributed by atoms with Crippen LogP contribution in [0, 0.1) is 0 Å². The van der Waals surface area contributed by atoms with Gasteiger partial charge in [0.1, 0.15) is 15.7 Å². The molecule has 7 aromatic carbocycles. The van der Waals surface area contributed by atoms with Crippen molar-refractivity contribution in [3.63, 3.8) is 0 Å². The lowest BCUT2D eigenvalue weighted by Gasteiger charge is -2.42. The molecule has 0 unspecified atom stereocenters. The first-order valence-corrected chi connectivity index (χ1v) is 17.8. The van der Waals surface area contributed by atoms with Crippen molar-refractivity contribution in [2.45, 2.75) is 5.41 Å². The van der Waals surface area contributed by atoms with Crippen molar-refractivity contribution in [2.24, 2.45) is 0 Å². The minimum Gasteiger partial charge on any atom is -0.309 e. The fourth-order valence-corrected chi connectivity index (χ4v) is 8.22. The van der Waals surface area contributed by atoms with E-state index in [0.29, 0.717) is 17.5 Å². The molecule has 0 saturated heterocycles. The van der Waals surface area contributed by atoms with Crippen molar-refractivity contribution >= 4 is 48.4 Å². The van der Waals surface area contributed by atoms with E-state index < -0.39 is 5.41 Å². The summed E-state index contributed by atoms with van der Waals surface area (Å²) >= 11 is 0. The van der Waals surface area contributed by atoms with Crippen LogP contribution in [0.4, 0.5) is 0 Å². The zero-order valence-corrected chi connectivity index (χ0v) is 29.0. The van der Waals surface area contributed by atoms with Gasteiger partial charge in [0.05, 0.1) is 22.1 Å². The molecule has 2 aromatic heterocycles. The summed E-state index contributed by atoms with van der Waals surface area (Å²) in [6.07, 6.45) is 0. The van der Waals surface area contributed by atoms with Gasteiger partial charge in [0.2, 0.25) is 0 Å². The van der Waals surface area contributed by atoms with Gasteiger partial charge in [0, 0.05) is 27.5 Å². The zero-order chi connectivity index (χ0) is 34.8. The monoisotopic (exact) mass is 662 g/mol. The second kappa shape index (κ2) is 11.8. The maximum absolute atomic E-state index is 5.18. The molecule has 1 aliphatic heterocycles. The summed E-state index contributed by atoms with van der Waals surface area (Å²) in [5, 5.41) is 2.50. The Balaban J connectivity index is 1.31. The Kier molecular flexibility index (Phi) is 6.87. The number of hydrogen-bond donors (Lipinski definition) is 0. The summed E-state index contributed by atoms with van der Waals surface area (Å²) in [6, 6.07) is 61.1. The summed E-state index contributed by atoms with van der Waals surface area (Å²) in [5.74, 6) is 1.94. The van der Waals surface area contributed by atoms with Crippen molar-refractivity contribution in [3.8, 4) is 39.9 Å². The number of rotatable bonds is 5. The average molecular weight is 662 g/mol. The lowest BCUT2D eigenvalue weighted by Crippen LogP contribution is -2.35. The molecule has 4 nitrogen and oxygen atoms in total. The van der Waals surface area contributed by atoms with E-state index in [9.17, 15) is 0 Å². The number of para-hydroxylation sites is 2. The molecule has 0 spiro atoms. The summed E-state index contributed by atoms with van der Waals surface area (Å²) in [4.78, 5) is 15.4. The zero-order valence-electron chi connectivity index (χ0n) is 29.0. The molecule has 0 aliphatic carbocycles. The molecular weight excluding hydrogens is 630 g/mol. The first-order valence-electron chi connectivity index (χ1n) is 17.8. The standard InChI is InChI=1S/C46H32B2N4/c47-34-23-18-29(19-24-34)43-49-44(30-20-25-35(48)26-21-30)51-45(50-43)31-22-27-41-39(28-31)46(32-10-3-1-4-11-32,33-12-5-2-6-13-33)38-16-9-15-37-36-14-7-8-17-40(36)52(41)42(37)38/h1-28H,47-48H2. The lowest BCUT2D eigenvalue weighted by molar-refractivity contribution is 0.728. The Morgan fingerprint density at radius 3 is 1.52 bits per heavy atom. The summed E-state index contributed by atoms with van der Waals surface area (Å²) in [5.41, 5.74) is 13.0. The molecule has 6 heteroatoms. The van der Waals surface area contributed by atoms with Crippen LogP contribution in [-0.2, 0) is 5.41 Å². The minimum atomic E-state index is -0.621. The Hall–Kier alpha value is -6.52. The fraction of sp³-hybridized carbons (Fsp3) is 0.0217. The molecule has 52 heavy (non-hydrogen) atoms. The second-order valence-corrected chi connectivity index (χ2v) is 13.8. The number of fused-ring (bicyclic) bond motifs is 5. The van der Waals surface area contributed by atoms with Gasteiger partial charge in [-0.15, -0.1) is 0 Å². The first-order chi connectivity index (χ1) is 25.6. The maximum Gasteiger partial charge on any atom is 0.164 e. The molecule has 0 atom stereocenters. The third-order valence-electron chi connectivity index (χ3n) is 10.7. The molecule has 9 aromatic rings. The second-order valence-electron chi connectivity index (χ2n) is 13.8. The van der Waals surface area contributed by atoms with E-state index in [2.05, 4.69) is 190 Å². The SMILES string of the molecule is Bc1ccc(-c2nc(-c3ccc(B)cc3)nc(-c3ccc4c(c3)C(c3ccccc3)(c3ccccc3)c3cccc5c6ccccc6n-4c35)n2)cc1. The number of nitrogens with zero attached hydrogens (tertiary/aromatic N) is 4. The highest BCUT2D eigenvalue weighted by Gasteiger charge is 2.45. The molecule has 3 heterocycles. The van der Waals surface area contributed by atoms with E-state index in [-0.39, 0.29) is 0 Å². The van der Waals surface area contributed by atoms with Gasteiger partial charge in [-0.25, -0.2) is 15.0 Å². The maximum atomic E-state index is 5.18. The van der Waals surface area contributed by atoms with Crippen LogP contribution in [0.2, 0.25) is 0 Å². The smallest absolute Gasteiger partial charge is 0.164 e. The number of hydrogen-bond acceptors (Lipinski definition) is 3. The predicted octanol–water partition coefficient (Wildman–Crippen LogP) is 7.18. The normalized spacial score (nSPS) is 12.9. The van der Waals surface area contributed by atoms with Crippen LogP contribution in [0.5, 0.6) is 0 Å². The van der Waals surface area contributed by atoms with Crippen LogP contribution in [-0.4, -0.2) is 35.2 Å². The molecule has 0 radical (unpaired) electrons. The van der Waals surface area contributed by atoms with Crippen LogP contribution in [0.1, 0.15) is 22.3 Å². The van der Waals surface area contributed by atoms with E-state index >= 15 is 0 Å². The molecular formula is C46H32B2N4. The largest absolute Gasteiger partial charge is 0.309 e. The third-order valence-corrected chi connectivity index (χ3v) is 10.7. The van der Waals surface area contributed by atoms with Gasteiger partial charge >= 0.3 is 0 Å². The summed E-state index contributed by atoms with van der Waals surface area (Å²) in [6.45, 7) is 0. The molecule has 0 fully saturated rings. The van der Waals surface area contributed by atoms with E-state index in [1.54, 1.807) is 0 Å². The topological polar surface area (TPSA) is 43.6 Å². The van der Waals surface area contributed by atoms with Gasteiger partial charge in [-0.2, -0.15) is 0 Å². The van der Waals surface area contributed by atoms with E-state index in [4.69, 9.17) is 15.0 Å². The van der Waals surface area contributed by atoms with E-state index in [1.165, 1.54) is 55.0 Å². The third kappa shape index (κ3) is 4.54. The van der Waals surface area contributed by atoms with Crippen molar-refractivity contribution in [1.82, 2.24) is 19.5 Å². The highest BCUT2D eigenvalue weighted by molar-refractivity contribution is 6.32. The quantitative estimate of drug-likeness (QED) is 0.184. The average Bonchev–Trinajstić information content (AvgIpc) is 3.54. The van der Waals surface area contributed by atoms with E-state index in [0.717, 1.165) is 22.4 Å². The van der Waals surface area contributed by atoms with Crippen LogP contribution in [0.25, 0.3) is 61.7 Å². The summed E-state index contributed by atoms with van der Waals surface area (Å²) < 4.78 is 2.46. The molecule has 10 rings (SSSR count). The molecule has 242 valence electrons. The van der Waals surface area contributed by atoms with Gasteiger partial charge in [0.15, 0.2) is 17.5 Å². The van der Waals surface area contributed by atoms with Gasteiger partial charge in [-0.05, 0) is 46.5 Å². The van der Waals surface area contributed by atoms with Crippen LogP contribution in [0.3, 0.4) is 0 Å². The van der Waals surface area contributed by atoms with Crippen LogP contribution < -0.4 is 10.9 Å². The molecule has 0 saturated carbocycles. The van der Waals surface area contributed by atoms with Crippen molar-refractivity contribution in [2.75, 3.05) is 0 Å². The number of aromatic nitrogens is 4. The lowest BCUT2D eigenvalue weighted by atomic mass is 9.63. The molecule has 0 amide bonds. The van der Waals surface area contributed by atoms with Crippen molar-refractivity contribution in [1.29, 1.82) is 0 Å². The van der Waals surface area contributed by atoms with Gasteiger partial charge in [0.25, 0.3) is 0 Å². The Morgan fingerprint density at radius 2 is 0.923 bits per heavy atom. The van der Waals surface area contributed by atoms with E-state index in [1.807, 2.05) is 0 Å². The Bertz CT molecular complexity index is 2690. The van der Waals surface area contributed by atoms with Crippen molar-refractivity contribution < 1.29 is 0 Å². The minimum absolute atomic E-state index is 0.621. The Labute approximate surface area is 304 Å². The molecule has 0 bridgehead atoms. The number of benzene rings is 7. The van der Waals surface area contributed by atoms with Crippen LogP contribution in [0.15, 0.2) is 170 Å². The highest BCUT2D eigenvalue weighted by atomic mass is 15.0. The van der Waals surface area contributed by atoms with Gasteiger partial charge < -0.3 is 4.57 Å². The first kappa shape index (κ1) is 30.3. The van der Waals surface area contributed by atoms with Crippen molar-refractivity contribution in [3.05, 3.63) is 192 Å². The van der Waals surface area contributed by atoms with Crippen LogP contribution >= 0.6 is 0 Å². The highest BCUT2D eigenvalue weighted by Crippen LogP contribution is 2.54.